The van der Waals surface area contributed by atoms with E-state index >= 15 is 0 Å². The second-order valence-electron chi connectivity index (χ2n) is 7.44. The van der Waals surface area contributed by atoms with Crippen LogP contribution in [0, 0.1) is 0 Å². The van der Waals surface area contributed by atoms with Gasteiger partial charge in [0.15, 0.2) is 0 Å². The van der Waals surface area contributed by atoms with Crippen molar-refractivity contribution in [3.63, 3.8) is 0 Å². The van der Waals surface area contributed by atoms with Gasteiger partial charge in [0.1, 0.15) is 0 Å². The highest BCUT2D eigenvalue weighted by molar-refractivity contribution is 5.77. The van der Waals surface area contributed by atoms with Crippen molar-refractivity contribution in [3.8, 4) is 0 Å². The number of benzene rings is 1. The maximum atomic E-state index is 12.4. The van der Waals surface area contributed by atoms with Gasteiger partial charge in [0, 0.05) is 58.3 Å². The molecule has 1 N–H and O–H groups in total. The molecule has 3 rings (SSSR count). The zero-order valence-electron chi connectivity index (χ0n) is 15.5. The topological polar surface area (TPSA) is 38.8 Å². The van der Waals surface area contributed by atoms with E-state index in [0.717, 1.165) is 58.8 Å². The molecule has 2 fully saturated rings. The van der Waals surface area contributed by atoms with E-state index in [1.165, 1.54) is 12.0 Å². The quantitative estimate of drug-likeness (QED) is 0.812. The number of likely N-dealkylation sites (N-methyl/N-ethyl adjacent to an activating group) is 1. The SMILES string of the molecule is CN(CCN1CCN(C(=O)CC2CCCN2)CC1)Cc1ccccc1. The summed E-state index contributed by atoms with van der Waals surface area (Å²) in [4.78, 5) is 19.3. The highest BCUT2D eigenvalue weighted by Gasteiger charge is 2.24. The minimum absolute atomic E-state index is 0.334. The number of nitrogens with one attached hydrogen (secondary N) is 1. The Morgan fingerprint density at radius 1 is 1.20 bits per heavy atom. The number of amides is 1. The Bertz CT molecular complexity index is 522. The Morgan fingerprint density at radius 2 is 1.96 bits per heavy atom. The number of hydrogen-bond donors (Lipinski definition) is 1. The summed E-state index contributed by atoms with van der Waals surface area (Å²) in [7, 11) is 2.18. The van der Waals surface area contributed by atoms with Crippen LogP contribution in [0.15, 0.2) is 30.3 Å². The van der Waals surface area contributed by atoms with Crippen LogP contribution in [-0.4, -0.2) is 79.5 Å². The summed E-state index contributed by atoms with van der Waals surface area (Å²) in [5.41, 5.74) is 1.36. The molecule has 2 aliphatic heterocycles. The molecule has 1 aromatic rings. The van der Waals surface area contributed by atoms with E-state index in [0.29, 0.717) is 18.4 Å². The first-order chi connectivity index (χ1) is 12.2. The van der Waals surface area contributed by atoms with Crippen LogP contribution < -0.4 is 5.32 Å². The molecule has 1 amide bonds. The van der Waals surface area contributed by atoms with Gasteiger partial charge in [-0.05, 0) is 32.0 Å². The average molecular weight is 345 g/mol. The predicted octanol–water partition coefficient (Wildman–Crippen LogP) is 1.40. The van der Waals surface area contributed by atoms with Gasteiger partial charge in [-0.2, -0.15) is 0 Å². The van der Waals surface area contributed by atoms with E-state index in [9.17, 15) is 4.79 Å². The van der Waals surface area contributed by atoms with Crippen LogP contribution in [0.1, 0.15) is 24.8 Å². The highest BCUT2D eigenvalue weighted by Crippen LogP contribution is 2.12. The fourth-order valence-electron chi connectivity index (χ4n) is 3.78. The van der Waals surface area contributed by atoms with E-state index in [2.05, 4.69) is 57.4 Å². The molecule has 1 aromatic carbocycles. The third-order valence-corrected chi connectivity index (χ3v) is 5.40. The summed E-state index contributed by atoms with van der Waals surface area (Å²) in [6.45, 7) is 7.98. The van der Waals surface area contributed by atoms with Crippen molar-refractivity contribution in [2.45, 2.75) is 31.8 Å². The molecule has 0 aliphatic carbocycles. The summed E-state index contributed by atoms with van der Waals surface area (Å²) in [5.74, 6) is 0.334. The van der Waals surface area contributed by atoms with Crippen molar-refractivity contribution >= 4 is 5.91 Å². The van der Waals surface area contributed by atoms with E-state index < -0.39 is 0 Å². The largest absolute Gasteiger partial charge is 0.340 e. The third kappa shape index (κ3) is 5.80. The van der Waals surface area contributed by atoms with Crippen LogP contribution in [0.25, 0.3) is 0 Å². The highest BCUT2D eigenvalue weighted by atomic mass is 16.2. The number of hydrogen-bond acceptors (Lipinski definition) is 4. The van der Waals surface area contributed by atoms with Gasteiger partial charge >= 0.3 is 0 Å². The molecule has 2 saturated heterocycles. The summed E-state index contributed by atoms with van der Waals surface area (Å²) < 4.78 is 0. The van der Waals surface area contributed by atoms with Gasteiger partial charge in [-0.1, -0.05) is 30.3 Å². The molecule has 5 nitrogen and oxygen atoms in total. The van der Waals surface area contributed by atoms with Crippen LogP contribution in [0.4, 0.5) is 0 Å². The smallest absolute Gasteiger partial charge is 0.224 e. The van der Waals surface area contributed by atoms with Crippen molar-refractivity contribution in [1.82, 2.24) is 20.0 Å². The standard InChI is InChI=1S/C20H32N4O/c1-22(17-18-6-3-2-4-7-18)10-11-23-12-14-24(15-13-23)20(25)16-19-8-5-9-21-19/h2-4,6-7,19,21H,5,8-17H2,1H3. The maximum absolute atomic E-state index is 12.4. The minimum Gasteiger partial charge on any atom is -0.340 e. The van der Waals surface area contributed by atoms with Crippen molar-refractivity contribution < 1.29 is 4.79 Å². The lowest BCUT2D eigenvalue weighted by Crippen LogP contribution is -2.50. The van der Waals surface area contributed by atoms with Crippen molar-refractivity contribution in [1.29, 1.82) is 0 Å². The Hall–Kier alpha value is -1.43. The number of rotatable bonds is 7. The van der Waals surface area contributed by atoms with Gasteiger partial charge in [0.25, 0.3) is 0 Å². The minimum atomic E-state index is 0.334. The normalized spacial score (nSPS) is 21.8. The molecule has 0 radical (unpaired) electrons. The molecule has 2 heterocycles. The van der Waals surface area contributed by atoms with Crippen molar-refractivity contribution in [2.75, 3.05) is 52.9 Å². The monoisotopic (exact) mass is 344 g/mol. The van der Waals surface area contributed by atoms with Crippen LogP contribution in [-0.2, 0) is 11.3 Å². The molecule has 25 heavy (non-hydrogen) atoms. The molecule has 0 aromatic heterocycles. The van der Waals surface area contributed by atoms with E-state index in [1.54, 1.807) is 0 Å². The number of piperazine rings is 1. The van der Waals surface area contributed by atoms with Crippen LogP contribution in [0.5, 0.6) is 0 Å². The predicted molar refractivity (Wildman–Crippen MR) is 101 cm³/mol. The summed E-state index contributed by atoms with van der Waals surface area (Å²) in [6, 6.07) is 11.0. The molecule has 1 atom stereocenters. The number of nitrogens with zero attached hydrogens (tertiary/aromatic N) is 3. The second-order valence-corrected chi connectivity index (χ2v) is 7.44. The third-order valence-electron chi connectivity index (χ3n) is 5.40. The average Bonchev–Trinajstić information content (AvgIpc) is 3.14. The first kappa shape index (κ1) is 18.4. The van der Waals surface area contributed by atoms with Gasteiger partial charge in [-0.15, -0.1) is 0 Å². The van der Waals surface area contributed by atoms with Gasteiger partial charge in [0.2, 0.25) is 5.91 Å². The molecule has 1 unspecified atom stereocenters. The van der Waals surface area contributed by atoms with Crippen LogP contribution in [0.2, 0.25) is 0 Å². The zero-order chi connectivity index (χ0) is 17.5. The Labute approximate surface area is 152 Å². The van der Waals surface area contributed by atoms with E-state index in [-0.39, 0.29) is 0 Å². The summed E-state index contributed by atoms with van der Waals surface area (Å²) >= 11 is 0. The molecular formula is C20H32N4O. The molecule has 2 aliphatic rings. The Morgan fingerprint density at radius 3 is 2.64 bits per heavy atom. The lowest BCUT2D eigenvalue weighted by Gasteiger charge is -2.36. The molecular weight excluding hydrogens is 312 g/mol. The molecule has 0 spiro atoms. The summed E-state index contributed by atoms with van der Waals surface area (Å²) in [5, 5.41) is 3.42. The maximum Gasteiger partial charge on any atom is 0.224 e. The fraction of sp³-hybridized carbons (Fsp3) is 0.650. The van der Waals surface area contributed by atoms with Gasteiger partial charge in [0.05, 0.1) is 0 Å². The van der Waals surface area contributed by atoms with Gasteiger partial charge in [-0.3, -0.25) is 9.69 Å². The molecule has 0 bridgehead atoms. The lowest BCUT2D eigenvalue weighted by molar-refractivity contribution is -0.133. The first-order valence-electron chi connectivity index (χ1n) is 9.67. The van der Waals surface area contributed by atoms with Crippen LogP contribution >= 0.6 is 0 Å². The Kier molecular flexibility index (Phi) is 6.84. The second kappa shape index (κ2) is 9.32. The Balaban J connectivity index is 1.32. The molecule has 0 saturated carbocycles. The van der Waals surface area contributed by atoms with Crippen molar-refractivity contribution in [2.24, 2.45) is 0 Å². The summed E-state index contributed by atoms with van der Waals surface area (Å²) in [6.07, 6.45) is 3.04. The first-order valence-corrected chi connectivity index (χ1v) is 9.67. The van der Waals surface area contributed by atoms with E-state index in [1.807, 2.05) is 0 Å². The zero-order valence-corrected chi connectivity index (χ0v) is 15.5. The number of carbonyl (C=O) groups excluding carboxylic acids is 1. The fourth-order valence-corrected chi connectivity index (χ4v) is 3.78. The lowest BCUT2D eigenvalue weighted by atomic mass is 10.1. The van der Waals surface area contributed by atoms with Gasteiger partial charge in [-0.25, -0.2) is 0 Å². The molecule has 5 heteroatoms. The van der Waals surface area contributed by atoms with E-state index in [4.69, 9.17) is 0 Å². The van der Waals surface area contributed by atoms with Gasteiger partial charge < -0.3 is 15.1 Å². The molecule has 138 valence electrons. The number of carbonyl (C=O) groups is 1. The van der Waals surface area contributed by atoms with Crippen molar-refractivity contribution in [3.05, 3.63) is 35.9 Å². The van der Waals surface area contributed by atoms with Crippen LogP contribution in [0.3, 0.4) is 0 Å².